The van der Waals surface area contributed by atoms with Gasteiger partial charge < -0.3 is 5.32 Å². The lowest BCUT2D eigenvalue weighted by Gasteiger charge is -2.02. The van der Waals surface area contributed by atoms with Gasteiger partial charge in [-0.1, -0.05) is 0 Å². The van der Waals surface area contributed by atoms with Crippen LogP contribution in [0.4, 0.5) is 0 Å². The Kier molecular flexibility index (Phi) is 3.50. The molecule has 112 valence electrons. The molecule has 1 N–H and O–H groups in total. The maximum atomic E-state index is 12.1. The Bertz CT molecular complexity index is 856. The summed E-state index contributed by atoms with van der Waals surface area (Å²) in [6.45, 7) is 5.93. The van der Waals surface area contributed by atoms with E-state index in [1.165, 1.54) is 6.33 Å². The summed E-state index contributed by atoms with van der Waals surface area (Å²) in [6.07, 6.45) is 1.47. The molecule has 0 aliphatic rings. The third kappa shape index (κ3) is 2.76. The minimum Gasteiger partial charge on any atom is -0.344 e. The minimum absolute atomic E-state index is 0.0898. The van der Waals surface area contributed by atoms with Crippen LogP contribution in [0, 0.1) is 20.8 Å². The second-order valence-electron chi connectivity index (χ2n) is 5.02. The zero-order chi connectivity index (χ0) is 15.7. The van der Waals surface area contributed by atoms with Crippen molar-refractivity contribution >= 4 is 11.7 Å². The molecule has 3 aromatic heterocycles. The molecule has 0 fully saturated rings. The molecule has 3 heterocycles. The van der Waals surface area contributed by atoms with E-state index in [4.69, 9.17) is 0 Å². The normalized spacial score (nSPS) is 10.9. The number of aryl methyl sites for hydroxylation is 3. The van der Waals surface area contributed by atoms with Crippen LogP contribution in [-0.2, 0) is 6.54 Å². The summed E-state index contributed by atoms with van der Waals surface area (Å²) in [7, 11) is 0. The van der Waals surface area contributed by atoms with Gasteiger partial charge in [0.2, 0.25) is 5.82 Å². The molecule has 0 atom stereocenters. The van der Waals surface area contributed by atoms with Crippen molar-refractivity contribution in [2.75, 3.05) is 0 Å². The number of fused-ring (bicyclic) bond motifs is 1. The van der Waals surface area contributed by atoms with E-state index >= 15 is 0 Å². The number of nitrogens with one attached hydrogen (secondary N) is 1. The molecule has 0 unspecified atom stereocenters. The van der Waals surface area contributed by atoms with Crippen LogP contribution in [-0.4, -0.2) is 35.5 Å². The van der Waals surface area contributed by atoms with E-state index < -0.39 is 0 Å². The third-order valence-electron chi connectivity index (χ3n) is 3.11. The first kappa shape index (κ1) is 14.1. The summed E-state index contributed by atoms with van der Waals surface area (Å²) < 4.78 is 1.55. The fraction of sp³-hybridized carbons (Fsp3) is 0.286. The Labute approximate surface area is 126 Å². The van der Waals surface area contributed by atoms with Gasteiger partial charge in [0.15, 0.2) is 0 Å². The number of hydrogen-bond donors (Lipinski definition) is 1. The van der Waals surface area contributed by atoms with Crippen LogP contribution >= 0.6 is 0 Å². The molecule has 0 saturated heterocycles. The molecule has 3 aromatic rings. The fourth-order valence-electron chi connectivity index (χ4n) is 2.12. The predicted molar refractivity (Wildman–Crippen MR) is 78.2 cm³/mol. The van der Waals surface area contributed by atoms with E-state index in [9.17, 15) is 4.79 Å². The molecule has 0 aliphatic carbocycles. The molecule has 1 amide bonds. The molecule has 3 rings (SSSR count). The summed E-state index contributed by atoms with van der Waals surface area (Å²) in [4.78, 5) is 28.7. The molecular weight excluding hydrogens is 282 g/mol. The minimum atomic E-state index is -0.362. The van der Waals surface area contributed by atoms with Crippen molar-refractivity contribution in [1.29, 1.82) is 0 Å². The average Bonchev–Trinajstić information content (AvgIpc) is 2.89. The van der Waals surface area contributed by atoms with E-state index in [0.29, 0.717) is 12.3 Å². The van der Waals surface area contributed by atoms with Gasteiger partial charge in [-0.2, -0.15) is 4.98 Å². The maximum absolute atomic E-state index is 12.1. The van der Waals surface area contributed by atoms with Gasteiger partial charge in [-0.25, -0.2) is 19.5 Å². The van der Waals surface area contributed by atoms with Gasteiger partial charge in [0.25, 0.3) is 11.7 Å². The van der Waals surface area contributed by atoms with E-state index in [1.807, 2.05) is 32.9 Å². The molecule has 0 saturated carbocycles. The highest BCUT2D eigenvalue weighted by molar-refractivity contribution is 5.90. The molecule has 0 radical (unpaired) electrons. The van der Waals surface area contributed by atoms with Crippen LogP contribution in [0.1, 0.15) is 33.4 Å². The lowest BCUT2D eigenvalue weighted by atomic mass is 10.3. The lowest BCUT2D eigenvalue weighted by molar-refractivity contribution is 0.0940. The van der Waals surface area contributed by atoms with E-state index in [2.05, 4.69) is 30.4 Å². The van der Waals surface area contributed by atoms with Gasteiger partial charge >= 0.3 is 0 Å². The van der Waals surface area contributed by atoms with Crippen LogP contribution in [0.25, 0.3) is 5.78 Å². The summed E-state index contributed by atoms with van der Waals surface area (Å²) >= 11 is 0. The SMILES string of the molecule is Cc1cc(CNC(=O)c2nc3nc(C)cc(C)n3n2)ncn1. The number of carbonyl (C=O) groups excluding carboxylic acids is 1. The van der Waals surface area contributed by atoms with Crippen molar-refractivity contribution in [3.63, 3.8) is 0 Å². The van der Waals surface area contributed by atoms with E-state index in [1.54, 1.807) is 4.52 Å². The fourth-order valence-corrected chi connectivity index (χ4v) is 2.12. The number of hydrogen-bond acceptors (Lipinski definition) is 6. The zero-order valence-electron chi connectivity index (χ0n) is 12.5. The van der Waals surface area contributed by atoms with Crippen molar-refractivity contribution in [2.24, 2.45) is 0 Å². The highest BCUT2D eigenvalue weighted by atomic mass is 16.2. The first-order chi connectivity index (χ1) is 10.5. The molecule has 8 heteroatoms. The number of rotatable bonds is 3. The molecular formula is C14H15N7O. The van der Waals surface area contributed by atoms with Gasteiger partial charge in [0, 0.05) is 17.1 Å². The number of amides is 1. The number of nitrogens with zero attached hydrogens (tertiary/aromatic N) is 6. The maximum Gasteiger partial charge on any atom is 0.291 e. The second kappa shape index (κ2) is 5.47. The quantitative estimate of drug-likeness (QED) is 0.766. The van der Waals surface area contributed by atoms with Crippen LogP contribution in [0.2, 0.25) is 0 Å². The van der Waals surface area contributed by atoms with Gasteiger partial charge in [-0.15, -0.1) is 5.10 Å². The van der Waals surface area contributed by atoms with Crippen LogP contribution in [0.5, 0.6) is 0 Å². The molecule has 0 aromatic carbocycles. The summed E-state index contributed by atoms with van der Waals surface area (Å²) in [5.41, 5.74) is 3.29. The summed E-state index contributed by atoms with van der Waals surface area (Å²) in [5.74, 6) is 0.145. The Morgan fingerprint density at radius 3 is 2.73 bits per heavy atom. The van der Waals surface area contributed by atoms with Crippen molar-refractivity contribution in [3.8, 4) is 0 Å². The van der Waals surface area contributed by atoms with Crippen molar-refractivity contribution in [2.45, 2.75) is 27.3 Å². The second-order valence-corrected chi connectivity index (χ2v) is 5.02. The first-order valence-electron chi connectivity index (χ1n) is 6.79. The van der Waals surface area contributed by atoms with Crippen molar-refractivity contribution in [3.05, 3.63) is 47.1 Å². The largest absolute Gasteiger partial charge is 0.344 e. The number of aromatic nitrogens is 6. The van der Waals surface area contributed by atoms with Gasteiger partial charge in [0.05, 0.1) is 12.2 Å². The lowest BCUT2D eigenvalue weighted by Crippen LogP contribution is -2.24. The highest BCUT2D eigenvalue weighted by Gasteiger charge is 2.14. The topological polar surface area (TPSA) is 98.0 Å². The predicted octanol–water partition coefficient (Wildman–Crippen LogP) is 0.770. The number of carbonyl (C=O) groups is 1. The Balaban J connectivity index is 1.79. The monoisotopic (exact) mass is 297 g/mol. The van der Waals surface area contributed by atoms with Crippen LogP contribution in [0.15, 0.2) is 18.5 Å². The third-order valence-corrected chi connectivity index (χ3v) is 3.11. The van der Waals surface area contributed by atoms with Crippen LogP contribution < -0.4 is 5.32 Å². The average molecular weight is 297 g/mol. The standard InChI is InChI=1S/C14H15N7O/c1-8-5-11(17-7-16-8)6-15-13(22)12-19-14-18-9(2)4-10(3)21(14)20-12/h4-5,7H,6H2,1-3H3,(H,15,22). The van der Waals surface area contributed by atoms with Crippen molar-refractivity contribution < 1.29 is 4.79 Å². The molecule has 0 bridgehead atoms. The first-order valence-corrected chi connectivity index (χ1v) is 6.79. The molecule has 0 aliphatic heterocycles. The molecule has 0 spiro atoms. The summed E-state index contributed by atoms with van der Waals surface area (Å²) in [5, 5.41) is 6.92. The van der Waals surface area contributed by atoms with Crippen molar-refractivity contribution in [1.82, 2.24) is 34.9 Å². The zero-order valence-corrected chi connectivity index (χ0v) is 12.5. The summed E-state index contributed by atoms with van der Waals surface area (Å²) in [6, 6.07) is 3.69. The van der Waals surface area contributed by atoms with Gasteiger partial charge in [0.1, 0.15) is 6.33 Å². The van der Waals surface area contributed by atoms with E-state index in [-0.39, 0.29) is 11.7 Å². The van der Waals surface area contributed by atoms with Gasteiger partial charge in [-0.05, 0) is 32.9 Å². The Morgan fingerprint density at radius 2 is 1.95 bits per heavy atom. The molecule has 22 heavy (non-hydrogen) atoms. The molecule has 8 nitrogen and oxygen atoms in total. The Morgan fingerprint density at radius 1 is 1.14 bits per heavy atom. The highest BCUT2D eigenvalue weighted by Crippen LogP contribution is 2.05. The van der Waals surface area contributed by atoms with Gasteiger partial charge in [-0.3, -0.25) is 4.79 Å². The Hall–Kier alpha value is -2.90. The smallest absolute Gasteiger partial charge is 0.291 e. The van der Waals surface area contributed by atoms with Crippen LogP contribution in [0.3, 0.4) is 0 Å². The van der Waals surface area contributed by atoms with E-state index in [0.717, 1.165) is 22.8 Å².